The van der Waals surface area contributed by atoms with Gasteiger partial charge in [-0.1, -0.05) is 11.3 Å². The molecule has 0 saturated carbocycles. The van der Waals surface area contributed by atoms with Crippen LogP contribution in [0.25, 0.3) is 10.2 Å². The van der Waals surface area contributed by atoms with Crippen molar-refractivity contribution >= 4 is 55.8 Å². The molecule has 4 aliphatic rings. The maximum Gasteiger partial charge on any atom is 0.274 e. The Morgan fingerprint density at radius 3 is 2.39 bits per heavy atom. The Kier molecular flexibility index (Phi) is 11.0. The van der Waals surface area contributed by atoms with Gasteiger partial charge in [-0.15, -0.1) is 0 Å². The third-order valence-corrected chi connectivity index (χ3v) is 12.7. The van der Waals surface area contributed by atoms with E-state index >= 15 is 8.78 Å². The monoisotopic (exact) mass is 802 g/mol. The topological polar surface area (TPSA) is 132 Å². The lowest BCUT2D eigenvalue weighted by Crippen LogP contribution is -2.55. The van der Waals surface area contributed by atoms with E-state index in [1.165, 1.54) is 16.7 Å². The molecule has 13 nitrogen and oxygen atoms in total. The fourth-order valence-corrected chi connectivity index (χ4v) is 9.59. The lowest BCUT2D eigenvalue weighted by atomic mass is 9.89. The molecule has 57 heavy (non-hydrogen) atoms. The molecular weight excluding hydrogens is 755 g/mol. The summed E-state index contributed by atoms with van der Waals surface area (Å²) in [6, 6.07) is 10.1. The molecule has 8 rings (SSSR count). The van der Waals surface area contributed by atoms with E-state index in [0.717, 1.165) is 87.1 Å². The highest BCUT2D eigenvalue weighted by atomic mass is 32.1. The van der Waals surface area contributed by atoms with E-state index < -0.39 is 35.3 Å². The summed E-state index contributed by atoms with van der Waals surface area (Å²) in [4.78, 5) is 64.1. The van der Waals surface area contributed by atoms with Crippen molar-refractivity contribution in [3.05, 3.63) is 75.7 Å². The number of hydrogen-bond donors (Lipinski definition) is 2. The first kappa shape index (κ1) is 38.9. The first-order valence-electron chi connectivity index (χ1n) is 19.8. The lowest BCUT2D eigenvalue weighted by Gasteiger charge is -2.46. The summed E-state index contributed by atoms with van der Waals surface area (Å²) in [5.74, 6) is -3.13. The number of nitrogens with one attached hydrogen (secondary N) is 2. The Morgan fingerprint density at radius 2 is 1.70 bits per heavy atom. The van der Waals surface area contributed by atoms with Gasteiger partial charge in [-0.25, -0.2) is 13.8 Å². The van der Waals surface area contributed by atoms with Gasteiger partial charge in [0.2, 0.25) is 11.8 Å². The Hall–Kier alpha value is -4.93. The average Bonchev–Trinajstić information content (AvgIpc) is 3.58. The number of aryl methyl sites for hydroxylation is 1. The largest absolute Gasteiger partial charge is 0.490 e. The van der Waals surface area contributed by atoms with Crippen molar-refractivity contribution in [3.8, 4) is 5.75 Å². The van der Waals surface area contributed by atoms with Gasteiger partial charge in [-0.2, -0.15) is 0 Å². The predicted molar refractivity (Wildman–Crippen MR) is 215 cm³/mol. The number of imide groups is 1. The second kappa shape index (κ2) is 16.1. The predicted octanol–water partition coefficient (Wildman–Crippen LogP) is 4.56. The number of fused-ring (bicyclic) bond motifs is 1. The Balaban J connectivity index is 0.817. The number of carbonyl (C=O) groups is 3. The first-order valence-corrected chi connectivity index (χ1v) is 20.6. The molecule has 4 aliphatic heterocycles. The summed E-state index contributed by atoms with van der Waals surface area (Å²) in [7, 11) is 1.64. The smallest absolute Gasteiger partial charge is 0.274 e. The van der Waals surface area contributed by atoms with Gasteiger partial charge in [-0.3, -0.25) is 29.4 Å². The van der Waals surface area contributed by atoms with Crippen LogP contribution >= 0.6 is 11.3 Å². The maximum absolute atomic E-state index is 15.1. The van der Waals surface area contributed by atoms with Crippen LogP contribution in [0.1, 0.15) is 61.4 Å². The molecule has 302 valence electrons. The number of halogens is 2. The summed E-state index contributed by atoms with van der Waals surface area (Å²) in [5, 5.41) is 5.86. The quantitative estimate of drug-likeness (QED) is 0.220. The number of hydrogen-bond acceptors (Lipinski definition) is 11. The SMILES string of the molecule is CC(C)Oc1cc2nc(N3CCN(C4CCN(CC5CN(c6cc(F)c(C7CCC(=O)NC7=O)c(F)c6)C5)CC4)CC3)sc2cc1C(=O)Nc1cccn(C)c1=O. The van der Waals surface area contributed by atoms with E-state index in [2.05, 4.69) is 25.3 Å². The van der Waals surface area contributed by atoms with Crippen molar-refractivity contribution in [1.29, 1.82) is 0 Å². The van der Waals surface area contributed by atoms with Gasteiger partial charge in [0, 0.05) is 94.8 Å². The van der Waals surface area contributed by atoms with Crippen LogP contribution in [0.15, 0.2) is 47.4 Å². The average molecular weight is 803 g/mol. The van der Waals surface area contributed by atoms with Crippen LogP contribution in [-0.2, 0) is 16.6 Å². The summed E-state index contributed by atoms with van der Waals surface area (Å²) in [6.07, 6.45) is 3.82. The molecule has 0 aliphatic carbocycles. The number of likely N-dealkylation sites (tertiary alicyclic amines) is 1. The molecule has 0 bridgehead atoms. The maximum atomic E-state index is 15.1. The van der Waals surface area contributed by atoms with Crippen molar-refractivity contribution in [2.75, 3.05) is 74.0 Å². The van der Waals surface area contributed by atoms with Gasteiger partial charge in [0.25, 0.3) is 11.5 Å². The number of ether oxygens (including phenoxy) is 1. The van der Waals surface area contributed by atoms with Crippen LogP contribution in [0.5, 0.6) is 5.75 Å². The number of thiazole rings is 1. The zero-order valence-corrected chi connectivity index (χ0v) is 33.2. The molecule has 4 fully saturated rings. The fraction of sp³-hybridized carbons (Fsp3) is 0.488. The highest BCUT2D eigenvalue weighted by Gasteiger charge is 2.36. The normalized spacial score (nSPS) is 20.3. The van der Waals surface area contributed by atoms with Gasteiger partial charge < -0.3 is 29.3 Å². The van der Waals surface area contributed by atoms with Crippen LogP contribution in [-0.4, -0.2) is 108 Å². The molecular formula is C41H48F2N8O5S. The minimum atomic E-state index is -0.997. The number of piperazine rings is 1. The second-order valence-corrected chi connectivity index (χ2v) is 16.9. The molecule has 4 aromatic rings. The lowest BCUT2D eigenvalue weighted by molar-refractivity contribution is -0.134. The molecule has 1 atom stereocenters. The highest BCUT2D eigenvalue weighted by molar-refractivity contribution is 7.22. The molecule has 2 aromatic heterocycles. The fourth-order valence-electron chi connectivity index (χ4n) is 8.55. The zero-order valence-electron chi connectivity index (χ0n) is 32.4. The van der Waals surface area contributed by atoms with Crippen molar-refractivity contribution in [2.45, 2.75) is 57.6 Å². The summed E-state index contributed by atoms with van der Waals surface area (Å²) in [6.45, 7) is 11.8. The Labute approximate surface area is 333 Å². The molecule has 4 saturated heterocycles. The summed E-state index contributed by atoms with van der Waals surface area (Å²) in [5.41, 5.74) is 1.25. The standard InChI is InChI=1S/C41H48F2N8O5S/c1-24(2)56-34-20-33-35(19-29(34)39(54)44-32-5-4-10-47(3)40(32)55)57-41(45-33)50-15-13-49(14-16-50)26-8-11-48(12-9-26)21-25-22-51(23-25)27-17-30(42)37(31(43)18-27)28-6-7-36(52)46-38(28)53/h4-5,10,17-20,24-26,28H,6-9,11-16,21-23H2,1-3H3,(H,44,54)(H,46,52,53). The van der Waals surface area contributed by atoms with Crippen LogP contribution < -0.4 is 30.7 Å². The number of amides is 3. The van der Waals surface area contributed by atoms with Crippen LogP contribution in [0.2, 0.25) is 0 Å². The van der Waals surface area contributed by atoms with Crippen molar-refractivity contribution in [1.82, 2.24) is 24.7 Å². The van der Waals surface area contributed by atoms with Crippen LogP contribution in [0.3, 0.4) is 0 Å². The second-order valence-electron chi connectivity index (χ2n) is 15.9. The van der Waals surface area contributed by atoms with Crippen LogP contribution in [0, 0.1) is 17.6 Å². The van der Waals surface area contributed by atoms with E-state index in [-0.39, 0.29) is 35.8 Å². The molecule has 6 heterocycles. The van der Waals surface area contributed by atoms with Gasteiger partial charge in [0.15, 0.2) is 5.13 Å². The van der Waals surface area contributed by atoms with Gasteiger partial charge in [-0.05, 0) is 76.5 Å². The van der Waals surface area contributed by atoms with E-state index in [9.17, 15) is 19.2 Å². The number of pyridine rings is 1. The number of piperidine rings is 2. The number of carbonyl (C=O) groups excluding carboxylic acids is 3. The Bertz CT molecular complexity index is 2220. The summed E-state index contributed by atoms with van der Waals surface area (Å²) >= 11 is 1.55. The van der Waals surface area contributed by atoms with Gasteiger partial charge >= 0.3 is 0 Å². The van der Waals surface area contributed by atoms with Crippen LogP contribution in [0.4, 0.5) is 25.3 Å². The molecule has 3 amide bonds. The Morgan fingerprint density at radius 1 is 0.982 bits per heavy atom. The minimum Gasteiger partial charge on any atom is -0.490 e. The third kappa shape index (κ3) is 8.25. The highest BCUT2D eigenvalue weighted by Crippen LogP contribution is 2.37. The van der Waals surface area contributed by atoms with Crippen molar-refractivity contribution in [3.63, 3.8) is 0 Å². The molecule has 2 N–H and O–H groups in total. The molecule has 16 heteroatoms. The molecule has 0 spiro atoms. The minimum absolute atomic E-state index is 0.0641. The van der Waals surface area contributed by atoms with Crippen molar-refractivity contribution in [2.24, 2.45) is 13.0 Å². The van der Waals surface area contributed by atoms with E-state index in [4.69, 9.17) is 9.72 Å². The van der Waals surface area contributed by atoms with E-state index in [1.54, 1.807) is 36.7 Å². The number of rotatable bonds is 10. The van der Waals surface area contributed by atoms with E-state index in [1.807, 2.05) is 30.9 Å². The molecule has 1 unspecified atom stereocenters. The molecule has 0 radical (unpaired) electrons. The number of aromatic nitrogens is 2. The number of nitrogens with zero attached hydrogens (tertiary/aromatic N) is 6. The zero-order chi connectivity index (χ0) is 40.0. The van der Waals surface area contributed by atoms with Crippen molar-refractivity contribution < 1.29 is 27.9 Å². The van der Waals surface area contributed by atoms with Gasteiger partial charge in [0.1, 0.15) is 23.1 Å². The number of benzene rings is 2. The number of anilines is 3. The van der Waals surface area contributed by atoms with Gasteiger partial charge in [0.05, 0.1) is 27.8 Å². The molecule has 2 aromatic carbocycles. The first-order chi connectivity index (χ1) is 27.4. The third-order valence-electron chi connectivity index (χ3n) is 11.6. The van der Waals surface area contributed by atoms with E-state index in [0.29, 0.717) is 29.0 Å². The summed E-state index contributed by atoms with van der Waals surface area (Å²) < 4.78 is 38.5.